The van der Waals surface area contributed by atoms with E-state index in [4.69, 9.17) is 4.74 Å². The number of carboxylic acids is 1. The molecule has 2 unspecified atom stereocenters. The first-order valence-electron chi connectivity index (χ1n) is 7.42. The summed E-state index contributed by atoms with van der Waals surface area (Å²) < 4.78 is 5.49. The number of ether oxygens (including phenoxy) is 1. The number of carbonyl (C=O) groups is 2. The molecule has 0 aliphatic carbocycles. The van der Waals surface area contributed by atoms with Crippen molar-refractivity contribution in [3.05, 3.63) is 29.8 Å². The Morgan fingerprint density at radius 3 is 2.55 bits per heavy atom. The Kier molecular flexibility index (Phi) is 3.78. The van der Waals surface area contributed by atoms with E-state index in [9.17, 15) is 19.8 Å². The highest BCUT2D eigenvalue weighted by atomic mass is 16.5. The second-order valence-electron chi connectivity index (χ2n) is 6.05. The molecule has 0 amide bonds. The molecule has 0 spiro atoms. The largest absolute Gasteiger partial charge is 0.508 e. The van der Waals surface area contributed by atoms with Crippen molar-refractivity contribution in [2.24, 2.45) is 5.92 Å². The number of hydrogen-bond donors (Lipinski definition) is 2. The Hall–Kier alpha value is -2.08. The lowest BCUT2D eigenvalue weighted by molar-refractivity contribution is -0.152. The van der Waals surface area contributed by atoms with Crippen LogP contribution in [0.1, 0.15) is 29.6 Å². The monoisotopic (exact) mass is 305 g/mol. The van der Waals surface area contributed by atoms with Crippen LogP contribution in [0.2, 0.25) is 0 Å². The number of nitrogens with zero attached hydrogens (tertiary/aromatic N) is 1. The van der Waals surface area contributed by atoms with Crippen molar-refractivity contribution >= 4 is 11.9 Å². The number of hydrogen-bond acceptors (Lipinski definition) is 5. The summed E-state index contributed by atoms with van der Waals surface area (Å²) in [5, 5.41) is 18.8. The third-order valence-electron chi connectivity index (χ3n) is 4.86. The summed E-state index contributed by atoms with van der Waals surface area (Å²) in [5.74, 6) is -2.08. The maximum Gasteiger partial charge on any atom is 0.338 e. The van der Waals surface area contributed by atoms with Crippen molar-refractivity contribution in [3.63, 3.8) is 0 Å². The van der Waals surface area contributed by atoms with Crippen LogP contribution in [0.4, 0.5) is 0 Å². The fourth-order valence-electron chi connectivity index (χ4n) is 3.67. The smallest absolute Gasteiger partial charge is 0.338 e. The maximum atomic E-state index is 12.2. The molecule has 2 aliphatic heterocycles. The molecule has 6 heteroatoms. The van der Waals surface area contributed by atoms with Crippen molar-refractivity contribution in [1.82, 2.24) is 4.90 Å². The Bertz CT molecular complexity index is 585. The molecule has 118 valence electrons. The molecule has 1 aromatic rings. The van der Waals surface area contributed by atoms with Gasteiger partial charge >= 0.3 is 11.9 Å². The third kappa shape index (κ3) is 2.54. The van der Waals surface area contributed by atoms with Gasteiger partial charge in [0.05, 0.1) is 5.56 Å². The van der Waals surface area contributed by atoms with Crippen LogP contribution in [0.5, 0.6) is 5.75 Å². The summed E-state index contributed by atoms with van der Waals surface area (Å²) in [5.41, 5.74) is 0.313. The fraction of sp³-hybridized carbons (Fsp3) is 0.500. The summed E-state index contributed by atoms with van der Waals surface area (Å²) >= 11 is 0. The molecule has 0 aromatic heterocycles. The quantitative estimate of drug-likeness (QED) is 0.823. The number of aliphatic carboxylic acids is 1. The molecule has 3 rings (SSSR count). The van der Waals surface area contributed by atoms with E-state index in [1.165, 1.54) is 24.3 Å². The van der Waals surface area contributed by atoms with Crippen LogP contribution in [0.25, 0.3) is 0 Å². The van der Waals surface area contributed by atoms with E-state index in [2.05, 4.69) is 4.90 Å². The standard InChI is InChI=1S/C16H19NO5/c1-17-10-4-7-12(17)14(15(19)20)13(8-10)22-16(21)9-2-5-11(18)6-3-9/h2-3,5-6,10,12-14,18H,4,7-8H2,1H3,(H,19,20)/t10?,12?,13-,14+/m0/s1. The number of esters is 1. The number of rotatable bonds is 3. The van der Waals surface area contributed by atoms with Crippen LogP contribution in [0, 0.1) is 5.92 Å². The number of phenolic OH excluding ortho intramolecular Hbond substituents is 1. The predicted octanol–water partition coefficient (Wildman–Crippen LogP) is 1.48. The second kappa shape index (κ2) is 5.61. The van der Waals surface area contributed by atoms with Gasteiger partial charge in [0.1, 0.15) is 17.8 Å². The van der Waals surface area contributed by atoms with Gasteiger partial charge in [-0.3, -0.25) is 9.69 Å². The number of piperidine rings is 1. The molecule has 6 nitrogen and oxygen atoms in total. The number of carbonyl (C=O) groups excluding carboxylic acids is 1. The molecule has 2 saturated heterocycles. The van der Waals surface area contributed by atoms with Crippen LogP contribution < -0.4 is 0 Å². The van der Waals surface area contributed by atoms with Gasteiger partial charge < -0.3 is 14.9 Å². The highest BCUT2D eigenvalue weighted by Gasteiger charge is 2.50. The van der Waals surface area contributed by atoms with Gasteiger partial charge in [0, 0.05) is 18.5 Å². The molecule has 2 aliphatic rings. The summed E-state index contributed by atoms with van der Waals surface area (Å²) in [7, 11) is 1.94. The van der Waals surface area contributed by atoms with Crippen LogP contribution in [0.3, 0.4) is 0 Å². The topological polar surface area (TPSA) is 87.1 Å². The summed E-state index contributed by atoms with van der Waals surface area (Å²) in [6.45, 7) is 0. The van der Waals surface area contributed by atoms with E-state index in [0.717, 1.165) is 12.8 Å². The zero-order chi connectivity index (χ0) is 15.9. The van der Waals surface area contributed by atoms with Crippen LogP contribution in [-0.4, -0.2) is 52.3 Å². The number of benzene rings is 1. The van der Waals surface area contributed by atoms with E-state index in [0.29, 0.717) is 12.0 Å². The lowest BCUT2D eigenvalue weighted by atomic mass is 9.87. The van der Waals surface area contributed by atoms with Crippen molar-refractivity contribution in [1.29, 1.82) is 0 Å². The minimum atomic E-state index is -0.916. The molecule has 2 bridgehead atoms. The Morgan fingerprint density at radius 2 is 1.91 bits per heavy atom. The number of fused-ring (bicyclic) bond motifs is 2. The Morgan fingerprint density at radius 1 is 1.23 bits per heavy atom. The lowest BCUT2D eigenvalue weighted by Gasteiger charge is -2.40. The van der Waals surface area contributed by atoms with Crippen LogP contribution in [-0.2, 0) is 9.53 Å². The predicted molar refractivity (Wildman–Crippen MR) is 77.6 cm³/mol. The SMILES string of the molecule is CN1C2CCC1[C@@H](C(=O)O)[C@@H](OC(=O)c1ccc(O)cc1)C2. The maximum absolute atomic E-state index is 12.2. The molecule has 0 radical (unpaired) electrons. The average molecular weight is 305 g/mol. The normalized spacial score (nSPS) is 31.0. The van der Waals surface area contributed by atoms with E-state index in [1.807, 2.05) is 7.05 Å². The summed E-state index contributed by atoms with van der Waals surface area (Å²) in [6, 6.07) is 5.95. The zero-order valence-electron chi connectivity index (χ0n) is 12.3. The molecular formula is C16H19NO5. The molecule has 2 N–H and O–H groups in total. The summed E-state index contributed by atoms with van der Waals surface area (Å²) in [4.78, 5) is 25.9. The molecule has 4 atom stereocenters. The highest BCUT2D eigenvalue weighted by molar-refractivity contribution is 5.90. The van der Waals surface area contributed by atoms with Crippen molar-refractivity contribution < 1.29 is 24.5 Å². The van der Waals surface area contributed by atoms with Gasteiger partial charge in [-0.05, 0) is 44.2 Å². The minimum Gasteiger partial charge on any atom is -0.508 e. The first-order chi connectivity index (χ1) is 10.5. The van der Waals surface area contributed by atoms with Gasteiger partial charge in [-0.1, -0.05) is 0 Å². The number of carboxylic acid groups (broad SMARTS) is 1. The molecule has 0 saturated carbocycles. The fourth-order valence-corrected chi connectivity index (χ4v) is 3.67. The average Bonchev–Trinajstić information content (AvgIpc) is 2.71. The van der Waals surface area contributed by atoms with Crippen molar-refractivity contribution in [2.45, 2.75) is 37.5 Å². The number of phenols is 1. The van der Waals surface area contributed by atoms with Crippen molar-refractivity contribution in [3.8, 4) is 5.75 Å². The second-order valence-corrected chi connectivity index (χ2v) is 6.05. The van der Waals surface area contributed by atoms with Gasteiger partial charge in [0.2, 0.25) is 0 Å². The molecular weight excluding hydrogens is 286 g/mol. The van der Waals surface area contributed by atoms with E-state index in [-0.39, 0.29) is 17.8 Å². The van der Waals surface area contributed by atoms with Gasteiger partial charge in [-0.15, -0.1) is 0 Å². The van der Waals surface area contributed by atoms with Gasteiger partial charge in [0.25, 0.3) is 0 Å². The van der Waals surface area contributed by atoms with Gasteiger partial charge in [-0.25, -0.2) is 4.79 Å². The first kappa shape index (κ1) is 14.8. The van der Waals surface area contributed by atoms with Gasteiger partial charge in [0.15, 0.2) is 0 Å². The molecule has 2 heterocycles. The Balaban J connectivity index is 1.77. The third-order valence-corrected chi connectivity index (χ3v) is 4.86. The number of aromatic hydroxyl groups is 1. The van der Waals surface area contributed by atoms with E-state index in [1.54, 1.807) is 0 Å². The minimum absolute atomic E-state index is 0.0669. The summed E-state index contributed by atoms with van der Waals surface area (Å²) in [6.07, 6.45) is 1.71. The van der Waals surface area contributed by atoms with Crippen molar-refractivity contribution in [2.75, 3.05) is 7.05 Å². The molecule has 22 heavy (non-hydrogen) atoms. The Labute approximate surface area is 128 Å². The lowest BCUT2D eigenvalue weighted by Crippen LogP contribution is -2.53. The van der Waals surface area contributed by atoms with Gasteiger partial charge in [-0.2, -0.15) is 0 Å². The van der Waals surface area contributed by atoms with E-state index < -0.39 is 24.0 Å². The van der Waals surface area contributed by atoms with E-state index >= 15 is 0 Å². The first-order valence-corrected chi connectivity index (χ1v) is 7.42. The van der Waals surface area contributed by atoms with Crippen LogP contribution >= 0.6 is 0 Å². The zero-order valence-corrected chi connectivity index (χ0v) is 12.3. The molecule has 1 aromatic carbocycles. The highest BCUT2D eigenvalue weighted by Crippen LogP contribution is 2.39. The van der Waals surface area contributed by atoms with Crippen LogP contribution in [0.15, 0.2) is 24.3 Å². The molecule has 2 fully saturated rings.